The second kappa shape index (κ2) is 13.8. The Morgan fingerprint density at radius 1 is 0.907 bits per heavy atom. The minimum Gasteiger partial charge on any atom is -0.494 e. The van der Waals surface area contributed by atoms with E-state index in [1.54, 1.807) is 0 Å². The number of rotatable bonds is 7. The summed E-state index contributed by atoms with van der Waals surface area (Å²) in [5.74, 6) is 1.83. The highest BCUT2D eigenvalue weighted by Crippen LogP contribution is 2.42. The van der Waals surface area contributed by atoms with Gasteiger partial charge in [0.05, 0.1) is 6.61 Å². The summed E-state index contributed by atoms with van der Waals surface area (Å²) < 4.78 is 5.55. The van der Waals surface area contributed by atoms with Crippen molar-refractivity contribution in [3.05, 3.63) is 114 Å². The van der Waals surface area contributed by atoms with Crippen LogP contribution in [0.3, 0.4) is 0 Å². The highest BCUT2D eigenvalue weighted by atomic mass is 32.1. The smallest absolute Gasteiger partial charge is 0.229 e. The molecule has 4 aromatic rings. The lowest BCUT2D eigenvalue weighted by Gasteiger charge is -2.43. The molecule has 0 amide bonds. The summed E-state index contributed by atoms with van der Waals surface area (Å²) in [7, 11) is 0. The molecular formula is C34H38N6O2S. The lowest BCUT2D eigenvalue weighted by atomic mass is 9.72. The van der Waals surface area contributed by atoms with Gasteiger partial charge in [0, 0.05) is 30.2 Å². The molecule has 43 heavy (non-hydrogen) atoms. The largest absolute Gasteiger partial charge is 0.494 e. The Balaban J connectivity index is 1.38. The van der Waals surface area contributed by atoms with Crippen LogP contribution in [-0.2, 0) is 5.60 Å². The van der Waals surface area contributed by atoms with Gasteiger partial charge in [-0.1, -0.05) is 60.7 Å². The van der Waals surface area contributed by atoms with Gasteiger partial charge in [-0.25, -0.2) is 9.97 Å². The van der Waals surface area contributed by atoms with Crippen LogP contribution >= 0.6 is 12.2 Å². The van der Waals surface area contributed by atoms with Gasteiger partial charge in [-0.05, 0) is 93.2 Å². The summed E-state index contributed by atoms with van der Waals surface area (Å²) in [5, 5.41) is 19.2. The summed E-state index contributed by atoms with van der Waals surface area (Å²) in [5.41, 5.74) is 3.22. The fraction of sp³-hybridized carbons (Fsp3) is 0.294. The Bertz CT molecular complexity index is 1480. The predicted octanol–water partition coefficient (Wildman–Crippen LogP) is 6.31. The molecule has 3 N–H and O–H groups in total. The van der Waals surface area contributed by atoms with Gasteiger partial charge in [-0.15, -0.1) is 0 Å². The second-order valence-corrected chi connectivity index (χ2v) is 11.1. The molecule has 0 aliphatic carbocycles. The van der Waals surface area contributed by atoms with E-state index in [0.29, 0.717) is 36.7 Å². The van der Waals surface area contributed by atoms with Crippen molar-refractivity contribution in [2.45, 2.75) is 39.2 Å². The lowest BCUT2D eigenvalue weighted by Crippen LogP contribution is -2.48. The SMILES string of the molecule is CCOc1ccc(NC(=S)/N=C(/Nc2nc(C)cc(C)n2)N2CCC(C(O)(c3ccccc3)c3ccccc3)CC2)cc1. The number of piperidine rings is 1. The zero-order chi connectivity index (χ0) is 30.2. The lowest BCUT2D eigenvalue weighted by molar-refractivity contribution is -0.00653. The van der Waals surface area contributed by atoms with Gasteiger partial charge in [0.15, 0.2) is 0 Å². The number of thiocarbonyl (C=S) groups is 1. The Morgan fingerprint density at radius 2 is 1.47 bits per heavy atom. The van der Waals surface area contributed by atoms with Gasteiger partial charge >= 0.3 is 0 Å². The third kappa shape index (κ3) is 7.36. The van der Waals surface area contributed by atoms with Crippen molar-refractivity contribution in [3.63, 3.8) is 0 Å². The summed E-state index contributed by atoms with van der Waals surface area (Å²) in [6, 6.07) is 29.5. The van der Waals surface area contributed by atoms with E-state index in [-0.39, 0.29) is 5.92 Å². The molecule has 1 fully saturated rings. The number of hydrogen-bond donors (Lipinski definition) is 3. The number of aryl methyl sites for hydroxylation is 2. The Labute approximate surface area is 258 Å². The van der Waals surface area contributed by atoms with E-state index in [2.05, 4.69) is 25.5 Å². The van der Waals surface area contributed by atoms with E-state index in [4.69, 9.17) is 21.9 Å². The van der Waals surface area contributed by atoms with Crippen LogP contribution in [0.25, 0.3) is 0 Å². The first-order chi connectivity index (χ1) is 20.8. The van der Waals surface area contributed by atoms with Crippen LogP contribution in [0.2, 0.25) is 0 Å². The summed E-state index contributed by atoms with van der Waals surface area (Å²) in [6.45, 7) is 7.76. The summed E-state index contributed by atoms with van der Waals surface area (Å²) in [4.78, 5) is 16.1. The van der Waals surface area contributed by atoms with Crippen molar-refractivity contribution in [2.75, 3.05) is 30.3 Å². The maximum Gasteiger partial charge on any atom is 0.229 e. The van der Waals surface area contributed by atoms with Crippen LogP contribution in [-0.4, -0.2) is 50.7 Å². The molecule has 0 atom stereocenters. The minimum absolute atomic E-state index is 0.00111. The zero-order valence-corrected chi connectivity index (χ0v) is 25.6. The molecule has 1 aliphatic heterocycles. The van der Waals surface area contributed by atoms with Crippen LogP contribution in [0.1, 0.15) is 42.3 Å². The molecule has 2 heterocycles. The van der Waals surface area contributed by atoms with Gasteiger partial charge in [-0.3, -0.25) is 5.32 Å². The second-order valence-electron chi connectivity index (χ2n) is 10.7. The Kier molecular flexibility index (Phi) is 9.64. The molecule has 1 aromatic heterocycles. The molecule has 3 aromatic carbocycles. The number of anilines is 2. The number of nitrogens with one attached hydrogen (secondary N) is 2. The molecule has 1 aliphatic rings. The van der Waals surface area contributed by atoms with Gasteiger partial charge < -0.3 is 20.1 Å². The molecule has 0 unspecified atom stereocenters. The Hall–Kier alpha value is -4.34. The van der Waals surface area contributed by atoms with Crippen molar-refractivity contribution in [1.82, 2.24) is 14.9 Å². The normalized spacial score (nSPS) is 14.3. The fourth-order valence-corrected chi connectivity index (χ4v) is 5.84. The number of benzene rings is 3. The third-order valence-corrected chi connectivity index (χ3v) is 7.84. The molecule has 222 valence electrons. The number of aromatic nitrogens is 2. The van der Waals surface area contributed by atoms with E-state index in [0.717, 1.165) is 46.8 Å². The molecule has 0 bridgehead atoms. The number of nitrogens with zero attached hydrogens (tertiary/aromatic N) is 4. The molecule has 9 heteroatoms. The van der Waals surface area contributed by atoms with Crippen molar-refractivity contribution in [3.8, 4) is 5.75 Å². The van der Waals surface area contributed by atoms with Crippen molar-refractivity contribution in [2.24, 2.45) is 10.9 Å². The van der Waals surface area contributed by atoms with E-state index in [1.807, 2.05) is 112 Å². The molecule has 0 radical (unpaired) electrons. The third-order valence-electron chi connectivity index (χ3n) is 7.64. The van der Waals surface area contributed by atoms with Crippen LogP contribution in [0.4, 0.5) is 11.6 Å². The van der Waals surface area contributed by atoms with Gasteiger partial charge in [0.2, 0.25) is 17.0 Å². The first-order valence-electron chi connectivity index (χ1n) is 14.7. The topological polar surface area (TPSA) is 94.9 Å². The zero-order valence-electron chi connectivity index (χ0n) is 24.8. The highest BCUT2D eigenvalue weighted by molar-refractivity contribution is 7.80. The minimum atomic E-state index is -1.11. The van der Waals surface area contributed by atoms with E-state index in [9.17, 15) is 5.11 Å². The van der Waals surface area contributed by atoms with Crippen LogP contribution in [0.5, 0.6) is 5.75 Å². The standard InChI is InChI=1S/C34H38N6O2S/c1-4-42-30-17-15-29(16-18-30)37-33(43)39-32(38-31-35-24(2)23-25(3)36-31)40-21-19-28(20-22-40)34(41,26-11-7-5-8-12-26)27-13-9-6-10-14-27/h5-18,23,28,41H,4,19-22H2,1-3H3,(H2,35,36,37,38,39,43). The molecule has 8 nitrogen and oxygen atoms in total. The molecule has 0 saturated carbocycles. The first kappa shape index (κ1) is 30.1. The van der Waals surface area contributed by atoms with E-state index >= 15 is 0 Å². The van der Waals surface area contributed by atoms with Gasteiger partial charge in [0.25, 0.3) is 0 Å². The monoisotopic (exact) mass is 594 g/mol. The van der Waals surface area contributed by atoms with Crippen molar-refractivity contribution in [1.29, 1.82) is 0 Å². The van der Waals surface area contributed by atoms with Gasteiger partial charge in [-0.2, -0.15) is 4.99 Å². The number of hydrogen-bond acceptors (Lipinski definition) is 5. The molecule has 5 rings (SSSR count). The highest BCUT2D eigenvalue weighted by Gasteiger charge is 2.42. The molecule has 1 saturated heterocycles. The van der Waals surface area contributed by atoms with Crippen LogP contribution in [0.15, 0.2) is 96.0 Å². The van der Waals surface area contributed by atoms with Crippen molar-refractivity contribution < 1.29 is 9.84 Å². The van der Waals surface area contributed by atoms with E-state index in [1.165, 1.54) is 0 Å². The van der Waals surface area contributed by atoms with Crippen molar-refractivity contribution >= 4 is 34.9 Å². The number of aliphatic hydroxyl groups is 1. The average Bonchev–Trinajstić information content (AvgIpc) is 3.02. The fourth-order valence-electron chi connectivity index (χ4n) is 5.64. The molecule has 0 spiro atoms. The number of ether oxygens (including phenoxy) is 1. The van der Waals surface area contributed by atoms with Crippen LogP contribution < -0.4 is 15.4 Å². The van der Waals surface area contributed by atoms with Crippen LogP contribution in [0, 0.1) is 19.8 Å². The summed E-state index contributed by atoms with van der Waals surface area (Å²) >= 11 is 5.67. The van der Waals surface area contributed by atoms with Gasteiger partial charge in [0.1, 0.15) is 11.4 Å². The number of aliphatic imine (C=N–C) groups is 1. The average molecular weight is 595 g/mol. The number of likely N-dealkylation sites (tertiary alicyclic amines) is 1. The quantitative estimate of drug-likeness (QED) is 0.130. The predicted molar refractivity (Wildman–Crippen MR) is 177 cm³/mol. The maximum atomic E-state index is 12.3. The van der Waals surface area contributed by atoms with E-state index < -0.39 is 5.60 Å². The molecular weight excluding hydrogens is 556 g/mol. The maximum absolute atomic E-state index is 12.3. The summed E-state index contributed by atoms with van der Waals surface area (Å²) in [6.07, 6.45) is 1.49. The Morgan fingerprint density at radius 3 is 2.00 bits per heavy atom. The number of guanidine groups is 1. The first-order valence-corrected chi connectivity index (χ1v) is 15.1.